The van der Waals surface area contributed by atoms with E-state index in [2.05, 4.69) is 5.32 Å². The molecule has 1 saturated heterocycles. The van der Waals surface area contributed by atoms with E-state index in [1.54, 1.807) is 0 Å². The number of hydrogen-bond donors (Lipinski definition) is 2. The lowest BCUT2D eigenvalue weighted by Gasteiger charge is -2.12. The van der Waals surface area contributed by atoms with Gasteiger partial charge in [-0.3, -0.25) is 9.59 Å². The highest BCUT2D eigenvalue weighted by Crippen LogP contribution is 2.19. The first-order valence-corrected chi connectivity index (χ1v) is 6.60. The molecular formula is C13H23NO4. The van der Waals surface area contributed by atoms with Crippen LogP contribution < -0.4 is 5.32 Å². The molecule has 0 aromatic rings. The lowest BCUT2D eigenvalue weighted by molar-refractivity contribution is -0.137. The second-order valence-corrected chi connectivity index (χ2v) is 5.19. The van der Waals surface area contributed by atoms with Crippen LogP contribution in [0.25, 0.3) is 0 Å². The van der Waals surface area contributed by atoms with Crippen LogP contribution >= 0.6 is 0 Å². The maximum atomic E-state index is 11.8. The van der Waals surface area contributed by atoms with E-state index in [0.29, 0.717) is 25.5 Å². The van der Waals surface area contributed by atoms with Crippen molar-refractivity contribution in [1.29, 1.82) is 0 Å². The molecule has 3 atom stereocenters. The summed E-state index contributed by atoms with van der Waals surface area (Å²) in [6, 6.07) is 0. The SMILES string of the molecule is CC(CCNC(=O)C1COC(C)C1)CCC(=O)O. The predicted octanol–water partition coefficient (Wildman–Crippen LogP) is 1.42. The summed E-state index contributed by atoms with van der Waals surface area (Å²) in [5, 5.41) is 11.5. The molecule has 0 aliphatic carbocycles. The van der Waals surface area contributed by atoms with Crippen LogP contribution in [0, 0.1) is 11.8 Å². The maximum Gasteiger partial charge on any atom is 0.303 e. The largest absolute Gasteiger partial charge is 0.481 e. The Morgan fingerprint density at radius 3 is 2.72 bits per heavy atom. The van der Waals surface area contributed by atoms with Crippen LogP contribution in [0.1, 0.15) is 39.5 Å². The Morgan fingerprint density at radius 2 is 2.17 bits per heavy atom. The Kier molecular flexibility index (Phi) is 6.12. The molecule has 1 rings (SSSR count). The van der Waals surface area contributed by atoms with Gasteiger partial charge in [0.05, 0.1) is 18.6 Å². The van der Waals surface area contributed by atoms with E-state index >= 15 is 0 Å². The van der Waals surface area contributed by atoms with Crippen LogP contribution in [0.4, 0.5) is 0 Å². The van der Waals surface area contributed by atoms with E-state index in [1.807, 2.05) is 13.8 Å². The number of carboxylic acid groups (broad SMARTS) is 1. The Labute approximate surface area is 108 Å². The lowest BCUT2D eigenvalue weighted by Crippen LogP contribution is -2.32. The average Bonchev–Trinajstić information content (AvgIpc) is 2.73. The first-order valence-electron chi connectivity index (χ1n) is 6.60. The van der Waals surface area contributed by atoms with Crippen molar-refractivity contribution in [3.05, 3.63) is 0 Å². The molecule has 18 heavy (non-hydrogen) atoms. The van der Waals surface area contributed by atoms with Crippen molar-refractivity contribution in [2.45, 2.75) is 45.6 Å². The van der Waals surface area contributed by atoms with Crippen molar-refractivity contribution in [3.63, 3.8) is 0 Å². The summed E-state index contributed by atoms with van der Waals surface area (Å²) in [5.41, 5.74) is 0. The zero-order valence-corrected chi connectivity index (χ0v) is 11.1. The van der Waals surface area contributed by atoms with Crippen LogP contribution in [0.2, 0.25) is 0 Å². The highest BCUT2D eigenvalue weighted by atomic mass is 16.5. The molecule has 0 aromatic heterocycles. The van der Waals surface area contributed by atoms with Crippen molar-refractivity contribution in [2.24, 2.45) is 11.8 Å². The second kappa shape index (κ2) is 7.36. The average molecular weight is 257 g/mol. The third kappa shape index (κ3) is 5.49. The summed E-state index contributed by atoms with van der Waals surface area (Å²) in [5.74, 6) is -0.401. The third-order valence-electron chi connectivity index (χ3n) is 3.36. The summed E-state index contributed by atoms with van der Waals surface area (Å²) < 4.78 is 5.35. The van der Waals surface area contributed by atoms with Crippen LogP contribution in [0.5, 0.6) is 0 Å². The predicted molar refractivity (Wildman–Crippen MR) is 67.2 cm³/mol. The molecule has 2 N–H and O–H groups in total. The molecule has 0 radical (unpaired) electrons. The molecule has 0 saturated carbocycles. The Balaban J connectivity index is 2.09. The summed E-state index contributed by atoms with van der Waals surface area (Å²) in [7, 11) is 0. The summed E-state index contributed by atoms with van der Waals surface area (Å²) in [6.45, 7) is 5.11. The number of carbonyl (C=O) groups is 2. The monoisotopic (exact) mass is 257 g/mol. The van der Waals surface area contributed by atoms with Gasteiger partial charge in [0.1, 0.15) is 0 Å². The normalized spacial score (nSPS) is 24.8. The van der Waals surface area contributed by atoms with E-state index < -0.39 is 5.97 Å². The standard InChI is InChI=1S/C13H23NO4/c1-9(3-4-12(15)16)5-6-14-13(17)11-7-10(2)18-8-11/h9-11H,3-8H2,1-2H3,(H,14,17)(H,15,16). The maximum absolute atomic E-state index is 11.8. The molecule has 1 heterocycles. The second-order valence-electron chi connectivity index (χ2n) is 5.19. The highest BCUT2D eigenvalue weighted by molar-refractivity contribution is 5.79. The molecule has 0 aromatic carbocycles. The number of nitrogens with one attached hydrogen (secondary N) is 1. The van der Waals surface area contributed by atoms with Crippen molar-refractivity contribution in [3.8, 4) is 0 Å². The fourth-order valence-electron chi connectivity index (χ4n) is 2.10. The third-order valence-corrected chi connectivity index (χ3v) is 3.36. The zero-order chi connectivity index (χ0) is 13.5. The van der Waals surface area contributed by atoms with Crippen LogP contribution in [-0.4, -0.2) is 36.2 Å². The molecule has 1 amide bonds. The number of ether oxygens (including phenoxy) is 1. The molecule has 5 heteroatoms. The molecule has 1 aliphatic rings. The van der Waals surface area contributed by atoms with Gasteiger partial charge in [0.25, 0.3) is 0 Å². The number of rotatable bonds is 7. The summed E-state index contributed by atoms with van der Waals surface area (Å²) in [6.07, 6.45) is 2.65. The van der Waals surface area contributed by atoms with Crippen molar-refractivity contribution in [2.75, 3.05) is 13.2 Å². The fraction of sp³-hybridized carbons (Fsp3) is 0.846. The first kappa shape index (κ1) is 15.0. The summed E-state index contributed by atoms with van der Waals surface area (Å²) in [4.78, 5) is 22.2. The van der Waals surface area contributed by atoms with Crippen molar-refractivity contribution < 1.29 is 19.4 Å². The van der Waals surface area contributed by atoms with E-state index in [9.17, 15) is 9.59 Å². The van der Waals surface area contributed by atoms with E-state index in [0.717, 1.165) is 12.8 Å². The van der Waals surface area contributed by atoms with Gasteiger partial charge in [-0.05, 0) is 32.1 Å². The molecule has 0 bridgehead atoms. The van der Waals surface area contributed by atoms with Gasteiger partial charge < -0.3 is 15.2 Å². The van der Waals surface area contributed by atoms with Crippen LogP contribution in [0.15, 0.2) is 0 Å². The van der Waals surface area contributed by atoms with Gasteiger partial charge in [0.2, 0.25) is 5.91 Å². The first-order chi connectivity index (χ1) is 8.49. The van der Waals surface area contributed by atoms with Gasteiger partial charge >= 0.3 is 5.97 Å². The molecule has 1 fully saturated rings. The van der Waals surface area contributed by atoms with Gasteiger partial charge in [-0.2, -0.15) is 0 Å². The van der Waals surface area contributed by atoms with Crippen molar-refractivity contribution >= 4 is 11.9 Å². The molecule has 5 nitrogen and oxygen atoms in total. The quantitative estimate of drug-likeness (QED) is 0.723. The molecule has 0 spiro atoms. The Bertz CT molecular complexity index is 293. The summed E-state index contributed by atoms with van der Waals surface area (Å²) >= 11 is 0. The minimum absolute atomic E-state index is 0.0191. The lowest BCUT2D eigenvalue weighted by atomic mass is 10.0. The Hall–Kier alpha value is -1.10. The van der Waals surface area contributed by atoms with Gasteiger partial charge in [-0.1, -0.05) is 6.92 Å². The van der Waals surface area contributed by atoms with Crippen LogP contribution in [-0.2, 0) is 14.3 Å². The number of carbonyl (C=O) groups excluding carboxylic acids is 1. The van der Waals surface area contributed by atoms with E-state index in [-0.39, 0.29) is 24.3 Å². The van der Waals surface area contributed by atoms with E-state index in [1.165, 1.54) is 0 Å². The van der Waals surface area contributed by atoms with E-state index in [4.69, 9.17) is 9.84 Å². The van der Waals surface area contributed by atoms with Gasteiger partial charge in [-0.25, -0.2) is 0 Å². The molecule has 104 valence electrons. The smallest absolute Gasteiger partial charge is 0.303 e. The number of aliphatic carboxylic acids is 1. The molecular weight excluding hydrogens is 234 g/mol. The number of hydrogen-bond acceptors (Lipinski definition) is 3. The molecule has 3 unspecified atom stereocenters. The topological polar surface area (TPSA) is 75.6 Å². The number of amides is 1. The highest BCUT2D eigenvalue weighted by Gasteiger charge is 2.27. The minimum Gasteiger partial charge on any atom is -0.481 e. The van der Waals surface area contributed by atoms with Gasteiger partial charge in [-0.15, -0.1) is 0 Å². The van der Waals surface area contributed by atoms with Crippen molar-refractivity contribution in [1.82, 2.24) is 5.32 Å². The van der Waals surface area contributed by atoms with Gasteiger partial charge in [0, 0.05) is 13.0 Å². The molecule has 1 aliphatic heterocycles. The van der Waals surface area contributed by atoms with Gasteiger partial charge in [0.15, 0.2) is 0 Å². The minimum atomic E-state index is -0.761. The Morgan fingerprint density at radius 1 is 1.44 bits per heavy atom. The van der Waals surface area contributed by atoms with Crippen LogP contribution in [0.3, 0.4) is 0 Å². The zero-order valence-electron chi connectivity index (χ0n) is 11.1. The fourth-order valence-corrected chi connectivity index (χ4v) is 2.10. The number of carboxylic acids is 1.